The fourth-order valence-electron chi connectivity index (χ4n) is 4.53. The molecule has 0 unspecified atom stereocenters. The van der Waals surface area contributed by atoms with E-state index in [9.17, 15) is 5.53 Å². The van der Waals surface area contributed by atoms with Crippen LogP contribution in [0.25, 0.3) is 11.1 Å². The SMILES string of the molecule is CCCCCCCCc1cccc(C(=CC(=C=[N+]=[N-])CCCCC)c2ccc(CCCC)cc2)c1.[CH3-].[CH3-].[Ni+2]. The van der Waals surface area contributed by atoms with Gasteiger partial charge in [-0.05, 0) is 72.4 Å². The topological polar surface area (TPSA) is 36.4 Å². The molecule has 0 fully saturated rings. The van der Waals surface area contributed by atoms with Gasteiger partial charge in [0.2, 0.25) is 0 Å². The second-order valence-electron chi connectivity index (χ2n) is 9.77. The van der Waals surface area contributed by atoms with Gasteiger partial charge in [0.1, 0.15) is 0 Å². The van der Waals surface area contributed by atoms with Gasteiger partial charge in [0.25, 0.3) is 0 Å². The molecule has 0 amide bonds. The Morgan fingerprint density at radius 3 is 1.97 bits per heavy atom. The molecular formula is C35H52N2Ni. The van der Waals surface area contributed by atoms with E-state index in [0.717, 1.165) is 31.3 Å². The summed E-state index contributed by atoms with van der Waals surface area (Å²) in [5.74, 6) is 2.84. The summed E-state index contributed by atoms with van der Waals surface area (Å²) >= 11 is 0. The zero-order valence-corrected chi connectivity index (χ0v) is 25.8. The van der Waals surface area contributed by atoms with Crippen LogP contribution >= 0.6 is 0 Å². The molecule has 2 aromatic carbocycles. The Balaban J connectivity index is 0. The quantitative estimate of drug-likeness (QED) is 0.0352. The van der Waals surface area contributed by atoms with Gasteiger partial charge in [-0.15, -0.1) is 4.79 Å². The zero-order chi connectivity index (χ0) is 25.1. The normalized spacial score (nSPS) is 10.3. The second-order valence-corrected chi connectivity index (χ2v) is 9.77. The van der Waals surface area contributed by atoms with Crippen molar-refractivity contribution in [3.63, 3.8) is 0 Å². The molecule has 0 aliphatic rings. The summed E-state index contributed by atoms with van der Waals surface area (Å²) in [5, 5.41) is 0. The molecule has 2 rings (SSSR count). The van der Waals surface area contributed by atoms with Crippen LogP contribution in [0.2, 0.25) is 0 Å². The minimum atomic E-state index is 0. The standard InChI is InChI=1S/C33H46N2.2CH3.Ni/c1-4-7-10-11-12-14-17-29-19-15-20-32(25-29)33(26-30(27-35-34)18-13-8-5-2)31-23-21-28(22-24-31)16-9-6-3;;;/h15,19-26H,4-14,16-18H2,1-3H3;2*1H3;/q;2*-1;+2. The molecule has 0 aliphatic carbocycles. The van der Waals surface area contributed by atoms with Crippen molar-refractivity contribution < 1.29 is 21.3 Å². The summed E-state index contributed by atoms with van der Waals surface area (Å²) in [6, 6.07) is 18.0. The molecule has 212 valence electrons. The van der Waals surface area contributed by atoms with Gasteiger partial charge >= 0.3 is 22.4 Å². The third-order valence-electron chi connectivity index (χ3n) is 6.70. The van der Waals surface area contributed by atoms with Crippen LogP contribution in [0.15, 0.2) is 60.2 Å². The average molecular weight is 560 g/mol. The van der Waals surface area contributed by atoms with Crippen LogP contribution in [0, 0.1) is 14.9 Å². The fourth-order valence-corrected chi connectivity index (χ4v) is 4.53. The van der Waals surface area contributed by atoms with Crippen molar-refractivity contribution in [2.75, 3.05) is 0 Å². The van der Waals surface area contributed by atoms with Crippen molar-refractivity contribution in [2.45, 2.75) is 111 Å². The van der Waals surface area contributed by atoms with E-state index < -0.39 is 0 Å². The first-order valence-corrected chi connectivity index (χ1v) is 14.1. The van der Waals surface area contributed by atoms with Crippen LogP contribution in [0.5, 0.6) is 0 Å². The van der Waals surface area contributed by atoms with Gasteiger partial charge < -0.3 is 20.4 Å². The zero-order valence-electron chi connectivity index (χ0n) is 24.8. The maximum absolute atomic E-state index is 9.25. The molecule has 0 spiro atoms. The minimum absolute atomic E-state index is 0. The van der Waals surface area contributed by atoms with Gasteiger partial charge in [-0.25, -0.2) is 0 Å². The van der Waals surface area contributed by atoms with E-state index in [2.05, 4.69) is 86.0 Å². The summed E-state index contributed by atoms with van der Waals surface area (Å²) < 4.78 is 0. The van der Waals surface area contributed by atoms with E-state index in [0.29, 0.717) is 0 Å². The maximum atomic E-state index is 9.25. The molecule has 0 atom stereocenters. The molecule has 0 radical (unpaired) electrons. The Hall–Kier alpha value is -2.17. The van der Waals surface area contributed by atoms with Gasteiger partial charge in [-0.1, -0.05) is 121 Å². The molecule has 0 saturated carbocycles. The molecule has 2 nitrogen and oxygen atoms in total. The Labute approximate surface area is 245 Å². The molecule has 3 heteroatoms. The number of aryl methyl sites for hydroxylation is 2. The molecule has 0 aromatic heterocycles. The smallest absolute Gasteiger partial charge is 0.358 e. The van der Waals surface area contributed by atoms with E-state index in [4.69, 9.17) is 0 Å². The number of rotatable bonds is 17. The number of unbranched alkanes of at least 4 members (excludes halogenated alkanes) is 8. The summed E-state index contributed by atoms with van der Waals surface area (Å²) in [4.78, 5) is 3.26. The molecule has 38 heavy (non-hydrogen) atoms. The minimum Gasteiger partial charge on any atom is -0.358 e. The average Bonchev–Trinajstić information content (AvgIpc) is 2.88. The monoisotopic (exact) mass is 558 g/mol. The number of allylic oxidation sites excluding steroid dienone is 2. The predicted molar refractivity (Wildman–Crippen MR) is 165 cm³/mol. The van der Waals surface area contributed by atoms with Gasteiger partial charge in [0.15, 0.2) is 0 Å². The number of hydrogen-bond acceptors (Lipinski definition) is 0. The molecule has 0 N–H and O–H groups in total. The Kier molecular flexibility index (Phi) is 23.9. The van der Waals surface area contributed by atoms with E-state index in [-0.39, 0.29) is 31.3 Å². The predicted octanol–water partition coefficient (Wildman–Crippen LogP) is 10.7. The molecule has 0 aliphatic heterocycles. The molecule has 0 bridgehead atoms. The van der Waals surface area contributed by atoms with Crippen molar-refractivity contribution in [2.24, 2.45) is 0 Å². The first kappa shape index (κ1) is 38.0. The van der Waals surface area contributed by atoms with Crippen molar-refractivity contribution in [3.8, 4) is 0 Å². The molecular weight excluding hydrogens is 507 g/mol. The Morgan fingerprint density at radius 1 is 0.711 bits per heavy atom. The van der Waals surface area contributed by atoms with Crippen LogP contribution < -0.4 is 0 Å². The fraction of sp³-hybridized carbons (Fsp3) is 0.486. The van der Waals surface area contributed by atoms with Crippen molar-refractivity contribution in [3.05, 3.63) is 103 Å². The van der Waals surface area contributed by atoms with E-state index >= 15 is 0 Å². The van der Waals surface area contributed by atoms with Crippen LogP contribution in [0.4, 0.5) is 0 Å². The van der Waals surface area contributed by atoms with Gasteiger partial charge in [0.05, 0.1) is 5.57 Å². The third-order valence-corrected chi connectivity index (χ3v) is 6.70. The van der Waals surface area contributed by atoms with Crippen molar-refractivity contribution in [1.82, 2.24) is 0 Å². The number of benzene rings is 2. The van der Waals surface area contributed by atoms with E-state index in [1.165, 1.54) is 92.0 Å². The summed E-state index contributed by atoms with van der Waals surface area (Å²) in [7, 11) is 0. The van der Waals surface area contributed by atoms with Gasteiger partial charge in [0, 0.05) is 0 Å². The van der Waals surface area contributed by atoms with Crippen molar-refractivity contribution in [1.29, 1.82) is 0 Å². The molecule has 0 heterocycles. The molecule has 2 aromatic rings. The molecule has 0 saturated heterocycles. The van der Waals surface area contributed by atoms with Crippen LogP contribution in [-0.4, -0.2) is 10.7 Å². The summed E-state index contributed by atoms with van der Waals surface area (Å²) in [6.45, 7) is 6.72. The third kappa shape index (κ3) is 14.7. The maximum Gasteiger partial charge on any atom is 2.00 e. The number of hydrogen-bond donors (Lipinski definition) is 0. The van der Waals surface area contributed by atoms with Crippen LogP contribution in [-0.2, 0) is 29.3 Å². The Bertz CT molecular complexity index is 977. The van der Waals surface area contributed by atoms with E-state index in [1.807, 2.05) is 0 Å². The van der Waals surface area contributed by atoms with Crippen LogP contribution in [0.1, 0.15) is 120 Å². The van der Waals surface area contributed by atoms with Gasteiger partial charge in [-0.2, -0.15) is 0 Å². The Morgan fingerprint density at radius 2 is 1.32 bits per heavy atom. The van der Waals surface area contributed by atoms with Crippen molar-refractivity contribution >= 4 is 11.4 Å². The first-order chi connectivity index (χ1) is 17.2. The summed E-state index contributed by atoms with van der Waals surface area (Å²) in [6.07, 6.45) is 19.1. The van der Waals surface area contributed by atoms with E-state index in [1.54, 1.807) is 0 Å². The largest absolute Gasteiger partial charge is 2.00 e. The first-order valence-electron chi connectivity index (χ1n) is 14.1. The van der Waals surface area contributed by atoms with Crippen LogP contribution in [0.3, 0.4) is 0 Å². The summed E-state index contributed by atoms with van der Waals surface area (Å²) in [5.41, 5.74) is 16.6. The number of nitrogens with zero attached hydrogens (tertiary/aromatic N) is 2. The second kappa shape index (κ2) is 23.9. The van der Waals surface area contributed by atoms with Gasteiger partial charge in [-0.3, -0.25) is 0 Å².